The van der Waals surface area contributed by atoms with Crippen LogP contribution in [0.4, 0.5) is 0 Å². The normalized spacial score (nSPS) is 21.8. The highest BCUT2D eigenvalue weighted by Crippen LogP contribution is 2.31. The van der Waals surface area contributed by atoms with Crippen molar-refractivity contribution >= 4 is 17.8 Å². The molecule has 0 N–H and O–H groups in total. The van der Waals surface area contributed by atoms with Crippen molar-refractivity contribution in [1.82, 2.24) is 9.80 Å². The van der Waals surface area contributed by atoms with E-state index in [4.69, 9.17) is 18.9 Å². The fraction of sp³-hybridized carbons (Fsp3) is 0.423. The lowest BCUT2D eigenvalue weighted by atomic mass is 10.00. The summed E-state index contributed by atoms with van der Waals surface area (Å²) in [5.74, 6) is -1.21. The van der Waals surface area contributed by atoms with Crippen LogP contribution in [0.1, 0.15) is 28.9 Å². The van der Waals surface area contributed by atoms with Crippen molar-refractivity contribution in [3.63, 3.8) is 0 Å². The van der Waals surface area contributed by atoms with Gasteiger partial charge < -0.3 is 23.8 Å². The first-order valence-corrected chi connectivity index (χ1v) is 11.3. The summed E-state index contributed by atoms with van der Waals surface area (Å²) >= 11 is 0. The van der Waals surface area contributed by atoms with E-state index in [1.807, 2.05) is 30.3 Å². The first-order valence-electron chi connectivity index (χ1n) is 11.3. The molecule has 2 aromatic carbocycles. The molecule has 1 amide bonds. The average molecular weight is 485 g/mol. The Morgan fingerprint density at radius 3 is 2.26 bits per heavy atom. The van der Waals surface area contributed by atoms with E-state index in [1.165, 1.54) is 14.0 Å². The topological polar surface area (TPSA) is 94.6 Å². The quantitative estimate of drug-likeness (QED) is 0.395. The van der Waals surface area contributed by atoms with Gasteiger partial charge in [-0.3, -0.25) is 14.5 Å². The Balaban J connectivity index is 1.88. The van der Waals surface area contributed by atoms with Crippen LogP contribution in [0.25, 0.3) is 0 Å². The Bertz CT molecular complexity index is 986. The van der Waals surface area contributed by atoms with Gasteiger partial charge in [-0.15, -0.1) is 0 Å². The third-order valence-corrected chi connectivity index (χ3v) is 5.91. The van der Waals surface area contributed by atoms with Gasteiger partial charge in [-0.2, -0.15) is 0 Å². The van der Waals surface area contributed by atoms with Crippen molar-refractivity contribution < 1.29 is 33.3 Å². The van der Waals surface area contributed by atoms with Crippen molar-refractivity contribution in [2.24, 2.45) is 0 Å². The minimum absolute atomic E-state index is 0.0929. The molecule has 1 aliphatic rings. The molecular formula is C26H32N2O7. The lowest BCUT2D eigenvalue weighted by Crippen LogP contribution is -2.53. The van der Waals surface area contributed by atoms with Crippen molar-refractivity contribution in [2.75, 3.05) is 41.1 Å². The van der Waals surface area contributed by atoms with Crippen molar-refractivity contribution in [2.45, 2.75) is 31.2 Å². The summed E-state index contributed by atoms with van der Waals surface area (Å²) in [6, 6.07) is 16.7. The summed E-state index contributed by atoms with van der Waals surface area (Å²) in [6.07, 6.45) is -1.44. The molecule has 35 heavy (non-hydrogen) atoms. The molecule has 9 nitrogen and oxygen atoms in total. The van der Waals surface area contributed by atoms with E-state index in [0.29, 0.717) is 5.56 Å². The number of likely N-dealkylation sites (N-methyl/N-ethyl adjacent to an activating group) is 2. The number of esters is 2. The Kier molecular flexibility index (Phi) is 9.36. The molecule has 4 atom stereocenters. The van der Waals surface area contributed by atoms with E-state index in [9.17, 15) is 14.4 Å². The summed E-state index contributed by atoms with van der Waals surface area (Å²) in [5.41, 5.74) is 1.24. The van der Waals surface area contributed by atoms with Crippen LogP contribution in [-0.2, 0) is 28.5 Å². The van der Waals surface area contributed by atoms with Gasteiger partial charge in [0.15, 0.2) is 0 Å². The van der Waals surface area contributed by atoms with E-state index in [1.54, 1.807) is 54.2 Å². The zero-order chi connectivity index (χ0) is 25.4. The molecule has 1 aliphatic heterocycles. The summed E-state index contributed by atoms with van der Waals surface area (Å²) in [6.45, 7) is 1.35. The standard InChI is InChI=1S/C26H32N2O7/c1-18(29)35-21-15-27(2)24(25(30)28(3)23(21)19-11-7-5-8-12-19)22(34-17-32-4)16-33-26(31)20-13-9-6-10-14-20/h5-14,21-24H,15-17H2,1-4H3/t21?,22-,23?,24?/m1/s1. The van der Waals surface area contributed by atoms with E-state index in [0.717, 1.165) is 5.56 Å². The highest BCUT2D eigenvalue weighted by Gasteiger charge is 2.45. The maximum absolute atomic E-state index is 13.8. The number of hydrogen-bond acceptors (Lipinski definition) is 8. The maximum Gasteiger partial charge on any atom is 0.338 e. The van der Waals surface area contributed by atoms with Gasteiger partial charge in [0.25, 0.3) is 0 Å². The largest absolute Gasteiger partial charge is 0.459 e. The Morgan fingerprint density at radius 2 is 1.66 bits per heavy atom. The third-order valence-electron chi connectivity index (χ3n) is 5.91. The Labute approximate surface area is 205 Å². The van der Waals surface area contributed by atoms with Crippen LogP contribution in [0, 0.1) is 0 Å². The molecule has 2 aromatic rings. The molecule has 1 saturated heterocycles. The Morgan fingerprint density at radius 1 is 1.03 bits per heavy atom. The molecule has 1 heterocycles. The second-order valence-corrected chi connectivity index (χ2v) is 8.41. The molecule has 3 rings (SSSR count). The van der Waals surface area contributed by atoms with Crippen LogP contribution in [0.5, 0.6) is 0 Å². The van der Waals surface area contributed by atoms with Gasteiger partial charge in [-0.1, -0.05) is 48.5 Å². The van der Waals surface area contributed by atoms with Crippen molar-refractivity contribution in [1.29, 1.82) is 0 Å². The van der Waals surface area contributed by atoms with E-state index < -0.39 is 36.2 Å². The number of nitrogens with zero attached hydrogens (tertiary/aromatic N) is 2. The highest BCUT2D eigenvalue weighted by atomic mass is 16.7. The molecule has 9 heteroatoms. The molecule has 0 spiro atoms. The molecule has 0 aromatic heterocycles. The second-order valence-electron chi connectivity index (χ2n) is 8.41. The van der Waals surface area contributed by atoms with Gasteiger partial charge in [0.2, 0.25) is 5.91 Å². The summed E-state index contributed by atoms with van der Waals surface area (Å²) < 4.78 is 22.1. The van der Waals surface area contributed by atoms with Crippen molar-refractivity contribution in [3.8, 4) is 0 Å². The molecule has 3 unspecified atom stereocenters. The zero-order valence-corrected chi connectivity index (χ0v) is 20.5. The third kappa shape index (κ3) is 6.66. The first kappa shape index (κ1) is 26.3. The van der Waals surface area contributed by atoms with Gasteiger partial charge in [0.05, 0.1) is 11.6 Å². The monoisotopic (exact) mass is 484 g/mol. The number of hydrogen-bond donors (Lipinski definition) is 0. The number of methoxy groups -OCH3 is 1. The van der Waals surface area contributed by atoms with Crippen molar-refractivity contribution in [3.05, 3.63) is 71.8 Å². The van der Waals surface area contributed by atoms with Crippen LogP contribution in [-0.4, -0.2) is 87.0 Å². The molecule has 188 valence electrons. The number of rotatable bonds is 9. The molecule has 0 bridgehead atoms. The molecule has 1 fully saturated rings. The van der Waals surface area contributed by atoms with Gasteiger partial charge in [0.1, 0.15) is 31.6 Å². The SMILES string of the molecule is COCO[C@H](COC(=O)c1ccccc1)C1C(=O)N(C)C(c2ccccc2)C(OC(C)=O)CN1C. The molecule has 0 saturated carbocycles. The smallest absolute Gasteiger partial charge is 0.338 e. The summed E-state index contributed by atoms with van der Waals surface area (Å²) in [5, 5.41) is 0. The van der Waals surface area contributed by atoms with Crippen LogP contribution >= 0.6 is 0 Å². The predicted octanol–water partition coefficient (Wildman–Crippen LogP) is 2.28. The Hall–Kier alpha value is -3.27. The van der Waals surface area contributed by atoms with Crippen LogP contribution < -0.4 is 0 Å². The lowest BCUT2D eigenvalue weighted by molar-refractivity contribution is -0.153. The van der Waals surface area contributed by atoms with E-state index in [-0.39, 0.29) is 25.9 Å². The second kappa shape index (κ2) is 12.4. The van der Waals surface area contributed by atoms with Crippen LogP contribution in [0.15, 0.2) is 60.7 Å². The van der Waals surface area contributed by atoms with Gasteiger partial charge in [0, 0.05) is 27.6 Å². The van der Waals surface area contributed by atoms with E-state index in [2.05, 4.69) is 0 Å². The molecule has 0 radical (unpaired) electrons. The summed E-state index contributed by atoms with van der Waals surface area (Å²) in [7, 11) is 4.90. The number of amides is 1. The lowest BCUT2D eigenvalue weighted by Gasteiger charge is -2.33. The fourth-order valence-corrected chi connectivity index (χ4v) is 4.33. The van der Waals surface area contributed by atoms with Crippen LogP contribution in [0.2, 0.25) is 0 Å². The number of carbonyl (C=O) groups excluding carboxylic acids is 3. The van der Waals surface area contributed by atoms with Crippen LogP contribution in [0.3, 0.4) is 0 Å². The maximum atomic E-state index is 13.8. The zero-order valence-electron chi connectivity index (χ0n) is 20.5. The van der Waals surface area contributed by atoms with Gasteiger partial charge in [-0.25, -0.2) is 4.79 Å². The molecule has 0 aliphatic carbocycles. The minimum Gasteiger partial charge on any atom is -0.459 e. The van der Waals surface area contributed by atoms with Gasteiger partial charge in [-0.05, 0) is 24.7 Å². The average Bonchev–Trinajstić information content (AvgIpc) is 2.94. The first-order chi connectivity index (χ1) is 16.8. The number of benzene rings is 2. The number of ether oxygens (including phenoxy) is 4. The minimum atomic E-state index is -0.824. The van der Waals surface area contributed by atoms with E-state index >= 15 is 0 Å². The van der Waals surface area contributed by atoms with Gasteiger partial charge >= 0.3 is 11.9 Å². The number of carbonyl (C=O) groups is 3. The fourth-order valence-electron chi connectivity index (χ4n) is 4.33. The molecular weight excluding hydrogens is 452 g/mol. The summed E-state index contributed by atoms with van der Waals surface area (Å²) in [4.78, 5) is 41.6. The predicted molar refractivity (Wildman–Crippen MR) is 127 cm³/mol. The highest BCUT2D eigenvalue weighted by molar-refractivity contribution is 5.89.